The van der Waals surface area contributed by atoms with Gasteiger partial charge >= 0.3 is 0 Å². The molecule has 0 amide bonds. The average molecular weight is 209 g/mol. The molecule has 1 aromatic rings. The first-order chi connectivity index (χ1) is 6.59. The topological polar surface area (TPSA) is 57.2 Å². The van der Waals surface area contributed by atoms with Crippen LogP contribution in [-0.2, 0) is 17.5 Å². The largest absolute Gasteiger partial charge is 0.768 e. The van der Waals surface area contributed by atoms with Crippen molar-refractivity contribution < 1.29 is 13.6 Å². The highest BCUT2D eigenvalue weighted by Crippen LogP contribution is 2.27. The van der Waals surface area contributed by atoms with Crippen molar-refractivity contribution in [2.45, 2.75) is 18.2 Å². The van der Waals surface area contributed by atoms with E-state index in [9.17, 15) is 13.6 Å². The maximum atomic E-state index is 11.6. The molecule has 0 radical (unpaired) electrons. The fourth-order valence-electron chi connectivity index (χ4n) is 1.75. The summed E-state index contributed by atoms with van der Waals surface area (Å²) in [5.74, 6) is 0.0348. The highest BCUT2D eigenvalue weighted by molar-refractivity contribution is 7.79. The maximum absolute atomic E-state index is 11.6. The standard InChI is InChI=1S/C10H10O3S/c1-6-4-7-2-3-8(14(12)13)5-9(7)10(6)11/h2-3,5-6H,4H2,1H3,(H,12,13)/p-1. The van der Waals surface area contributed by atoms with Gasteiger partial charge in [-0.3, -0.25) is 9.00 Å². The number of carbonyl (C=O) groups excluding carboxylic acids is 1. The van der Waals surface area contributed by atoms with Gasteiger partial charge < -0.3 is 4.55 Å². The van der Waals surface area contributed by atoms with Gasteiger partial charge in [0.25, 0.3) is 0 Å². The molecule has 0 saturated heterocycles. The van der Waals surface area contributed by atoms with Crippen LogP contribution >= 0.6 is 0 Å². The Bertz CT molecular complexity index is 425. The SMILES string of the molecule is CC1Cc2ccc(S(=O)[O-])cc2C1=O. The van der Waals surface area contributed by atoms with Gasteiger partial charge in [0.15, 0.2) is 5.78 Å². The van der Waals surface area contributed by atoms with Crippen molar-refractivity contribution in [1.82, 2.24) is 0 Å². The van der Waals surface area contributed by atoms with Crippen LogP contribution in [0, 0.1) is 5.92 Å². The van der Waals surface area contributed by atoms with E-state index in [0.29, 0.717) is 5.56 Å². The third kappa shape index (κ3) is 1.40. The molecule has 2 unspecified atom stereocenters. The molecule has 0 heterocycles. The Morgan fingerprint density at radius 3 is 2.86 bits per heavy atom. The molecule has 1 aliphatic carbocycles. The molecular formula is C10H9O3S-. The molecule has 4 heteroatoms. The van der Waals surface area contributed by atoms with Gasteiger partial charge in [0.2, 0.25) is 0 Å². The lowest BCUT2D eigenvalue weighted by Crippen LogP contribution is -2.03. The van der Waals surface area contributed by atoms with Crippen LogP contribution < -0.4 is 0 Å². The van der Waals surface area contributed by atoms with E-state index in [1.807, 2.05) is 6.92 Å². The lowest BCUT2D eigenvalue weighted by Gasteiger charge is -2.06. The summed E-state index contributed by atoms with van der Waals surface area (Å²) in [6, 6.07) is 4.72. The molecule has 0 bridgehead atoms. The minimum Gasteiger partial charge on any atom is -0.768 e. The second-order valence-corrected chi connectivity index (χ2v) is 4.46. The van der Waals surface area contributed by atoms with Gasteiger partial charge in [-0.1, -0.05) is 13.0 Å². The predicted molar refractivity (Wildman–Crippen MR) is 50.8 cm³/mol. The zero-order valence-electron chi connectivity index (χ0n) is 7.65. The Hall–Kier alpha value is -1.00. The average Bonchev–Trinajstić information content (AvgIpc) is 2.43. The van der Waals surface area contributed by atoms with Crippen molar-refractivity contribution in [3.05, 3.63) is 29.3 Å². The molecule has 0 saturated carbocycles. The van der Waals surface area contributed by atoms with Crippen LogP contribution in [0.4, 0.5) is 0 Å². The first-order valence-corrected chi connectivity index (χ1v) is 5.43. The van der Waals surface area contributed by atoms with Crippen LogP contribution in [0.25, 0.3) is 0 Å². The van der Waals surface area contributed by atoms with Crippen LogP contribution in [0.5, 0.6) is 0 Å². The van der Waals surface area contributed by atoms with Gasteiger partial charge in [-0.15, -0.1) is 0 Å². The second-order valence-electron chi connectivity index (χ2n) is 3.52. The molecular weight excluding hydrogens is 200 g/mol. The Kier molecular flexibility index (Phi) is 2.25. The van der Waals surface area contributed by atoms with E-state index < -0.39 is 11.1 Å². The summed E-state index contributed by atoms with van der Waals surface area (Å²) in [7, 11) is 0. The molecule has 0 aromatic heterocycles. The van der Waals surface area contributed by atoms with E-state index in [0.717, 1.165) is 12.0 Å². The molecule has 0 spiro atoms. The second kappa shape index (κ2) is 3.29. The van der Waals surface area contributed by atoms with Crippen molar-refractivity contribution in [1.29, 1.82) is 0 Å². The van der Waals surface area contributed by atoms with Gasteiger partial charge in [0.1, 0.15) is 0 Å². The Morgan fingerprint density at radius 2 is 2.21 bits per heavy atom. The number of carbonyl (C=O) groups is 1. The van der Waals surface area contributed by atoms with Gasteiger partial charge in [0.05, 0.1) is 0 Å². The van der Waals surface area contributed by atoms with E-state index in [-0.39, 0.29) is 16.6 Å². The Morgan fingerprint density at radius 1 is 1.50 bits per heavy atom. The molecule has 14 heavy (non-hydrogen) atoms. The van der Waals surface area contributed by atoms with Crippen LogP contribution in [0.3, 0.4) is 0 Å². The lowest BCUT2D eigenvalue weighted by atomic mass is 10.1. The lowest BCUT2D eigenvalue weighted by molar-refractivity contribution is 0.0946. The first kappa shape index (κ1) is 9.55. The van der Waals surface area contributed by atoms with E-state index in [2.05, 4.69) is 0 Å². The van der Waals surface area contributed by atoms with Crippen molar-refractivity contribution >= 4 is 16.9 Å². The highest BCUT2D eigenvalue weighted by atomic mass is 32.2. The summed E-state index contributed by atoms with van der Waals surface area (Å²) in [5, 5.41) is 0. The van der Waals surface area contributed by atoms with Crippen LogP contribution in [0.2, 0.25) is 0 Å². The van der Waals surface area contributed by atoms with Gasteiger partial charge in [-0.25, -0.2) is 0 Å². The van der Waals surface area contributed by atoms with E-state index in [4.69, 9.17) is 0 Å². The summed E-state index contributed by atoms with van der Waals surface area (Å²) in [4.78, 5) is 11.8. The van der Waals surface area contributed by atoms with Gasteiger partial charge in [-0.2, -0.15) is 0 Å². The van der Waals surface area contributed by atoms with Crippen molar-refractivity contribution in [3.8, 4) is 0 Å². The number of hydrogen-bond donors (Lipinski definition) is 0. The number of rotatable bonds is 1. The molecule has 2 rings (SSSR count). The first-order valence-electron chi connectivity index (χ1n) is 4.36. The molecule has 0 fully saturated rings. The summed E-state index contributed by atoms with van der Waals surface area (Å²) in [6.07, 6.45) is 0.722. The summed E-state index contributed by atoms with van der Waals surface area (Å²) < 4.78 is 21.4. The fraction of sp³-hybridized carbons (Fsp3) is 0.300. The number of ketones is 1. The maximum Gasteiger partial charge on any atom is 0.166 e. The predicted octanol–water partition coefficient (Wildman–Crippen LogP) is 1.30. The van der Waals surface area contributed by atoms with Crippen LogP contribution in [-0.4, -0.2) is 14.5 Å². The molecule has 2 atom stereocenters. The smallest absolute Gasteiger partial charge is 0.166 e. The zero-order chi connectivity index (χ0) is 10.3. The van der Waals surface area contributed by atoms with Crippen molar-refractivity contribution in [2.24, 2.45) is 5.92 Å². The number of hydrogen-bond acceptors (Lipinski definition) is 3. The molecule has 0 N–H and O–H groups in total. The van der Waals surface area contributed by atoms with Crippen LogP contribution in [0.15, 0.2) is 23.1 Å². The van der Waals surface area contributed by atoms with E-state index >= 15 is 0 Å². The molecule has 3 nitrogen and oxygen atoms in total. The van der Waals surface area contributed by atoms with Crippen molar-refractivity contribution in [3.63, 3.8) is 0 Å². The number of benzene rings is 1. The minimum absolute atomic E-state index is 0.0136. The summed E-state index contributed by atoms with van der Waals surface area (Å²) in [5.41, 5.74) is 1.52. The summed E-state index contributed by atoms with van der Waals surface area (Å²) >= 11 is -2.25. The van der Waals surface area contributed by atoms with Crippen molar-refractivity contribution in [2.75, 3.05) is 0 Å². The third-order valence-electron chi connectivity index (χ3n) is 2.51. The quantitative estimate of drug-likeness (QED) is 0.655. The van der Waals surface area contributed by atoms with Crippen LogP contribution in [0.1, 0.15) is 22.8 Å². The fourth-order valence-corrected chi connectivity index (χ4v) is 2.15. The molecule has 74 valence electrons. The normalized spacial score (nSPS) is 22.1. The monoisotopic (exact) mass is 209 g/mol. The Labute approximate surface area is 84.4 Å². The Balaban J connectivity index is 2.51. The van der Waals surface area contributed by atoms with E-state index in [1.165, 1.54) is 12.1 Å². The number of Topliss-reactive ketones (excluding diaryl/α,β-unsaturated/α-hetero) is 1. The highest BCUT2D eigenvalue weighted by Gasteiger charge is 2.26. The molecule has 0 aliphatic heterocycles. The molecule has 1 aliphatic rings. The minimum atomic E-state index is -2.25. The molecule has 1 aromatic carbocycles. The van der Waals surface area contributed by atoms with E-state index in [1.54, 1.807) is 6.07 Å². The number of fused-ring (bicyclic) bond motifs is 1. The summed E-state index contributed by atoms with van der Waals surface area (Å²) in [6.45, 7) is 1.86. The third-order valence-corrected chi connectivity index (χ3v) is 3.15. The zero-order valence-corrected chi connectivity index (χ0v) is 8.47. The van der Waals surface area contributed by atoms with Gasteiger partial charge in [-0.05, 0) is 35.2 Å². The van der Waals surface area contributed by atoms with Gasteiger partial charge in [0, 0.05) is 16.4 Å².